The molecule has 0 spiro atoms. The minimum atomic E-state index is -0.495. The molecule has 0 aliphatic carbocycles. The predicted octanol–water partition coefficient (Wildman–Crippen LogP) is -0.886. The first-order valence-corrected chi connectivity index (χ1v) is 4.03. The molecule has 1 heterocycles. The third-order valence-electron chi connectivity index (χ3n) is 1.19. The van der Waals surface area contributed by atoms with Crippen LogP contribution in [0.5, 0.6) is 0 Å². The second-order valence-electron chi connectivity index (χ2n) is 2.38. The lowest BCUT2D eigenvalue weighted by molar-refractivity contribution is -0.117. The van der Waals surface area contributed by atoms with Crippen LogP contribution in [0.2, 0.25) is 5.15 Å². The van der Waals surface area contributed by atoms with Crippen molar-refractivity contribution < 1.29 is 4.79 Å². The topological polar surface area (TPSA) is 119 Å². The number of primary amides is 1. The normalized spacial score (nSPS) is 9.79. The molecule has 0 fully saturated rings. The Hall–Kier alpha value is -1.60. The van der Waals surface area contributed by atoms with E-state index in [4.69, 9.17) is 23.1 Å². The summed E-state index contributed by atoms with van der Waals surface area (Å²) >= 11 is 5.60. The molecule has 0 aromatic carbocycles. The SMILES string of the molecule is NC(=O)CNNc1cc(Cl)nc(N)n1. The van der Waals surface area contributed by atoms with Gasteiger partial charge in [-0.2, -0.15) is 4.98 Å². The van der Waals surface area contributed by atoms with Crippen molar-refractivity contribution >= 4 is 29.3 Å². The Bertz CT molecular complexity index is 323. The zero-order chi connectivity index (χ0) is 10.6. The fraction of sp³-hybridized carbons (Fsp3) is 0.167. The highest BCUT2D eigenvalue weighted by molar-refractivity contribution is 6.29. The van der Waals surface area contributed by atoms with Gasteiger partial charge in [0, 0.05) is 6.07 Å². The molecule has 1 aromatic heterocycles. The first kappa shape index (κ1) is 10.5. The smallest absolute Gasteiger partial charge is 0.233 e. The van der Waals surface area contributed by atoms with Crippen molar-refractivity contribution in [3.05, 3.63) is 11.2 Å². The van der Waals surface area contributed by atoms with Crippen molar-refractivity contribution in [1.82, 2.24) is 15.4 Å². The fourth-order valence-electron chi connectivity index (χ4n) is 0.721. The largest absolute Gasteiger partial charge is 0.369 e. The summed E-state index contributed by atoms with van der Waals surface area (Å²) < 4.78 is 0. The second kappa shape index (κ2) is 4.58. The van der Waals surface area contributed by atoms with E-state index in [1.54, 1.807) is 0 Å². The highest BCUT2D eigenvalue weighted by atomic mass is 35.5. The third kappa shape index (κ3) is 3.42. The quantitative estimate of drug-likeness (QED) is 0.383. The van der Waals surface area contributed by atoms with Gasteiger partial charge in [0.2, 0.25) is 11.9 Å². The zero-order valence-electron chi connectivity index (χ0n) is 7.12. The van der Waals surface area contributed by atoms with E-state index in [0.717, 1.165) is 0 Å². The van der Waals surface area contributed by atoms with Gasteiger partial charge in [-0.15, -0.1) is 0 Å². The number of hydrazine groups is 1. The van der Waals surface area contributed by atoms with Gasteiger partial charge in [-0.3, -0.25) is 4.79 Å². The van der Waals surface area contributed by atoms with E-state index in [1.165, 1.54) is 6.07 Å². The number of anilines is 2. The van der Waals surface area contributed by atoms with E-state index in [0.29, 0.717) is 5.82 Å². The Morgan fingerprint density at radius 1 is 1.57 bits per heavy atom. The lowest BCUT2D eigenvalue weighted by Crippen LogP contribution is -2.32. The summed E-state index contributed by atoms with van der Waals surface area (Å²) in [5, 5.41) is 0.209. The zero-order valence-corrected chi connectivity index (χ0v) is 7.88. The van der Waals surface area contributed by atoms with Crippen LogP contribution in [0.1, 0.15) is 0 Å². The van der Waals surface area contributed by atoms with E-state index in [1.807, 2.05) is 0 Å². The molecule has 0 saturated carbocycles. The molecular weight excluding hydrogens is 208 g/mol. The summed E-state index contributed by atoms with van der Waals surface area (Å²) in [7, 11) is 0. The maximum atomic E-state index is 10.4. The molecule has 14 heavy (non-hydrogen) atoms. The van der Waals surface area contributed by atoms with Gasteiger partial charge in [-0.05, 0) is 0 Å². The number of hydrogen-bond acceptors (Lipinski definition) is 6. The molecule has 0 aliphatic heterocycles. The molecule has 1 rings (SSSR count). The fourth-order valence-corrected chi connectivity index (χ4v) is 0.911. The molecule has 1 amide bonds. The molecule has 0 radical (unpaired) electrons. The van der Waals surface area contributed by atoms with E-state index in [2.05, 4.69) is 20.8 Å². The number of nitrogen functional groups attached to an aromatic ring is 1. The van der Waals surface area contributed by atoms with Crippen LogP contribution < -0.4 is 22.3 Å². The maximum Gasteiger partial charge on any atom is 0.233 e. The first-order chi connectivity index (χ1) is 6.58. The molecule has 0 saturated heterocycles. The number of aromatic nitrogens is 2. The number of carbonyl (C=O) groups excluding carboxylic acids is 1. The lowest BCUT2D eigenvalue weighted by atomic mass is 10.6. The van der Waals surface area contributed by atoms with Crippen LogP contribution in [0.15, 0.2) is 6.07 Å². The van der Waals surface area contributed by atoms with Gasteiger partial charge in [0.05, 0.1) is 6.54 Å². The number of nitrogens with two attached hydrogens (primary N) is 2. The standard InChI is InChI=1S/C6H9ClN6O/c7-3-1-5(12-6(9)11-3)13-10-2-4(8)14/h1,10H,2H2,(H2,8,14)(H3,9,11,12,13). The number of halogens is 1. The van der Waals surface area contributed by atoms with Crippen LogP contribution in [0, 0.1) is 0 Å². The monoisotopic (exact) mass is 216 g/mol. The lowest BCUT2D eigenvalue weighted by Gasteiger charge is -2.05. The van der Waals surface area contributed by atoms with E-state index in [-0.39, 0.29) is 17.6 Å². The average molecular weight is 217 g/mol. The Kier molecular flexibility index (Phi) is 3.43. The van der Waals surface area contributed by atoms with Crippen LogP contribution >= 0.6 is 11.6 Å². The van der Waals surface area contributed by atoms with Gasteiger partial charge >= 0.3 is 0 Å². The van der Waals surface area contributed by atoms with Gasteiger partial charge in [0.15, 0.2) is 0 Å². The third-order valence-corrected chi connectivity index (χ3v) is 1.38. The second-order valence-corrected chi connectivity index (χ2v) is 2.77. The summed E-state index contributed by atoms with van der Waals surface area (Å²) in [6.07, 6.45) is 0. The van der Waals surface area contributed by atoms with Crippen molar-refractivity contribution in [1.29, 1.82) is 0 Å². The number of carbonyl (C=O) groups is 1. The number of rotatable bonds is 4. The number of hydrogen-bond donors (Lipinski definition) is 4. The van der Waals surface area contributed by atoms with Crippen molar-refractivity contribution in [2.24, 2.45) is 5.73 Å². The summed E-state index contributed by atoms with van der Waals surface area (Å²) in [5.74, 6) is -0.0877. The van der Waals surface area contributed by atoms with E-state index >= 15 is 0 Å². The highest BCUT2D eigenvalue weighted by Gasteiger charge is 1.99. The van der Waals surface area contributed by atoms with Crippen LogP contribution in [0.4, 0.5) is 11.8 Å². The molecule has 76 valence electrons. The van der Waals surface area contributed by atoms with Gasteiger partial charge in [-0.25, -0.2) is 10.4 Å². The van der Waals surface area contributed by atoms with Gasteiger partial charge in [0.1, 0.15) is 11.0 Å². The first-order valence-electron chi connectivity index (χ1n) is 3.65. The van der Waals surface area contributed by atoms with Crippen molar-refractivity contribution in [3.63, 3.8) is 0 Å². The summed E-state index contributed by atoms with van der Waals surface area (Å²) in [6, 6.07) is 1.45. The molecule has 6 N–H and O–H groups in total. The maximum absolute atomic E-state index is 10.4. The molecule has 0 unspecified atom stereocenters. The van der Waals surface area contributed by atoms with Gasteiger partial charge < -0.3 is 16.9 Å². The molecule has 0 bridgehead atoms. The van der Waals surface area contributed by atoms with Crippen molar-refractivity contribution in [2.45, 2.75) is 0 Å². The van der Waals surface area contributed by atoms with Crippen molar-refractivity contribution in [3.8, 4) is 0 Å². The van der Waals surface area contributed by atoms with Crippen LogP contribution in [-0.2, 0) is 4.79 Å². The summed E-state index contributed by atoms with van der Waals surface area (Å²) in [5.41, 5.74) is 15.3. The molecule has 1 aromatic rings. The Labute approximate surface area is 84.8 Å². The van der Waals surface area contributed by atoms with Crippen LogP contribution in [-0.4, -0.2) is 22.4 Å². The number of nitrogens with zero attached hydrogens (tertiary/aromatic N) is 2. The summed E-state index contributed by atoms with van der Waals surface area (Å²) in [6.45, 7) is -0.0263. The minimum Gasteiger partial charge on any atom is -0.369 e. The molecule has 7 nitrogen and oxygen atoms in total. The Morgan fingerprint density at radius 2 is 2.29 bits per heavy atom. The number of nitrogens with one attached hydrogen (secondary N) is 2. The highest BCUT2D eigenvalue weighted by Crippen LogP contribution is 2.10. The van der Waals surface area contributed by atoms with Crippen molar-refractivity contribution in [2.75, 3.05) is 17.7 Å². The summed E-state index contributed by atoms with van der Waals surface area (Å²) in [4.78, 5) is 17.8. The van der Waals surface area contributed by atoms with E-state index < -0.39 is 5.91 Å². The minimum absolute atomic E-state index is 0.0263. The molecule has 0 atom stereocenters. The number of amides is 1. The molecular formula is C6H9ClN6O. The van der Waals surface area contributed by atoms with Crippen LogP contribution in [0.25, 0.3) is 0 Å². The Morgan fingerprint density at radius 3 is 2.86 bits per heavy atom. The van der Waals surface area contributed by atoms with Gasteiger partial charge in [-0.1, -0.05) is 11.6 Å². The van der Waals surface area contributed by atoms with Crippen LogP contribution in [0.3, 0.4) is 0 Å². The van der Waals surface area contributed by atoms with Gasteiger partial charge in [0.25, 0.3) is 0 Å². The van der Waals surface area contributed by atoms with E-state index in [9.17, 15) is 4.79 Å². The average Bonchev–Trinajstić information content (AvgIpc) is 2.01. The molecule has 8 heteroatoms. The molecule has 0 aliphatic rings. The Balaban J connectivity index is 2.54. The predicted molar refractivity (Wildman–Crippen MR) is 52.3 cm³/mol.